The summed E-state index contributed by atoms with van der Waals surface area (Å²) >= 11 is 0. The smallest absolute Gasteiger partial charge is 0.340 e. The van der Waals surface area contributed by atoms with E-state index in [-0.39, 0.29) is 5.97 Å². The quantitative estimate of drug-likeness (QED) is 0.266. The van der Waals surface area contributed by atoms with Crippen molar-refractivity contribution in [2.24, 2.45) is 0 Å². The summed E-state index contributed by atoms with van der Waals surface area (Å²) < 4.78 is 11.1. The lowest BCUT2D eigenvalue weighted by Crippen LogP contribution is -2.29. The summed E-state index contributed by atoms with van der Waals surface area (Å²) in [5.74, 6) is -0.268. The van der Waals surface area contributed by atoms with Gasteiger partial charge >= 0.3 is 5.97 Å². The number of benzene rings is 3. The number of ether oxygens (including phenoxy) is 1. The lowest BCUT2D eigenvalue weighted by Gasteiger charge is -2.29. The number of para-hydroxylation sites is 2. The molecule has 0 spiro atoms. The van der Waals surface area contributed by atoms with Crippen LogP contribution < -0.4 is 0 Å². The highest BCUT2D eigenvalue weighted by molar-refractivity contribution is 6.00. The molecular formula is C30H28N2O2. The van der Waals surface area contributed by atoms with Gasteiger partial charge in [0.05, 0.1) is 5.56 Å². The first kappa shape index (κ1) is 20.8. The Labute approximate surface area is 199 Å². The zero-order valence-corrected chi connectivity index (χ0v) is 19.6. The van der Waals surface area contributed by atoms with Crippen LogP contribution in [0.5, 0.6) is 0 Å². The summed E-state index contributed by atoms with van der Waals surface area (Å²) in [7, 11) is 0. The van der Waals surface area contributed by atoms with Crippen LogP contribution in [0.25, 0.3) is 21.8 Å². The number of hydrogen-bond donors (Lipinski definition) is 0. The highest BCUT2D eigenvalue weighted by atomic mass is 16.6. The van der Waals surface area contributed by atoms with Gasteiger partial charge in [-0.15, -0.1) is 0 Å². The van der Waals surface area contributed by atoms with Gasteiger partial charge in [-0.3, -0.25) is 0 Å². The average molecular weight is 449 g/mol. The lowest BCUT2D eigenvalue weighted by molar-refractivity contribution is 0.0259. The second kappa shape index (κ2) is 7.91. The van der Waals surface area contributed by atoms with Crippen LogP contribution in [0.4, 0.5) is 0 Å². The van der Waals surface area contributed by atoms with Gasteiger partial charge in [-0.05, 0) is 31.0 Å². The van der Waals surface area contributed by atoms with Crippen molar-refractivity contribution >= 4 is 27.8 Å². The second-order valence-electron chi connectivity index (χ2n) is 9.12. The first-order valence-corrected chi connectivity index (χ1v) is 12.2. The summed E-state index contributed by atoms with van der Waals surface area (Å²) in [6.45, 7) is 6.19. The molecule has 0 atom stereocenters. The number of fused-ring (bicyclic) bond motifs is 3. The fraction of sp³-hybridized carbons (Fsp3) is 0.233. The first-order valence-electron chi connectivity index (χ1n) is 12.2. The lowest BCUT2D eigenvalue weighted by atomic mass is 9.79. The Balaban J connectivity index is 1.76. The number of cyclic esters (lactones) is 1. The molecule has 1 aliphatic rings. The summed E-state index contributed by atoms with van der Waals surface area (Å²) in [4.78, 5) is 13.3. The third-order valence-electron chi connectivity index (χ3n) is 7.04. The Morgan fingerprint density at radius 3 is 1.74 bits per heavy atom. The molecule has 4 nitrogen and oxygen atoms in total. The van der Waals surface area contributed by atoms with E-state index in [2.05, 4.69) is 90.0 Å². The molecule has 0 saturated carbocycles. The number of carbonyl (C=O) groups excluding carboxylic acids is 1. The Hall–Kier alpha value is -3.79. The van der Waals surface area contributed by atoms with Crippen LogP contribution in [-0.4, -0.2) is 15.1 Å². The van der Waals surface area contributed by atoms with Gasteiger partial charge in [-0.2, -0.15) is 0 Å². The van der Waals surface area contributed by atoms with Gasteiger partial charge in [0, 0.05) is 64.0 Å². The minimum atomic E-state index is -1.01. The maximum absolute atomic E-state index is 13.3. The fourth-order valence-corrected chi connectivity index (χ4v) is 5.67. The first-order chi connectivity index (χ1) is 16.7. The number of hydrogen-bond acceptors (Lipinski definition) is 2. The fourth-order valence-electron chi connectivity index (χ4n) is 5.67. The van der Waals surface area contributed by atoms with E-state index in [4.69, 9.17) is 4.74 Å². The molecule has 6 rings (SSSR count). The molecule has 1 aliphatic heterocycles. The van der Waals surface area contributed by atoms with Gasteiger partial charge in [-0.1, -0.05) is 68.4 Å². The van der Waals surface area contributed by atoms with Crippen LogP contribution in [0.15, 0.2) is 85.2 Å². The molecule has 34 heavy (non-hydrogen) atoms. The zero-order valence-electron chi connectivity index (χ0n) is 19.6. The second-order valence-corrected chi connectivity index (χ2v) is 9.12. The van der Waals surface area contributed by atoms with Gasteiger partial charge < -0.3 is 13.9 Å². The maximum Gasteiger partial charge on any atom is 0.340 e. The Bertz CT molecular complexity index is 1450. The van der Waals surface area contributed by atoms with Crippen LogP contribution in [0.2, 0.25) is 0 Å². The summed E-state index contributed by atoms with van der Waals surface area (Å²) in [5.41, 5.74) is 4.92. The molecule has 3 aromatic carbocycles. The maximum atomic E-state index is 13.3. The number of aryl methyl sites for hydroxylation is 2. The molecule has 0 N–H and O–H groups in total. The molecule has 0 fully saturated rings. The highest BCUT2D eigenvalue weighted by Gasteiger charge is 2.51. The molecule has 170 valence electrons. The van der Waals surface area contributed by atoms with Crippen molar-refractivity contribution in [3.05, 3.63) is 107 Å². The molecule has 0 aliphatic carbocycles. The van der Waals surface area contributed by atoms with Gasteiger partial charge in [0.15, 0.2) is 5.60 Å². The number of carbonyl (C=O) groups is 1. The van der Waals surface area contributed by atoms with Crippen LogP contribution in [0.1, 0.15) is 53.7 Å². The number of aromatic nitrogens is 2. The Morgan fingerprint density at radius 1 is 0.676 bits per heavy atom. The van der Waals surface area contributed by atoms with Crippen LogP contribution >= 0.6 is 0 Å². The Kier molecular flexibility index (Phi) is 4.84. The summed E-state index contributed by atoms with van der Waals surface area (Å²) in [5, 5.41) is 2.24. The van der Waals surface area contributed by atoms with E-state index in [9.17, 15) is 4.79 Å². The largest absolute Gasteiger partial charge is 0.440 e. The van der Waals surface area contributed by atoms with E-state index in [1.165, 1.54) is 0 Å². The van der Waals surface area contributed by atoms with Crippen molar-refractivity contribution in [1.29, 1.82) is 0 Å². The Morgan fingerprint density at radius 2 is 1.18 bits per heavy atom. The van der Waals surface area contributed by atoms with Crippen molar-refractivity contribution in [2.45, 2.75) is 45.4 Å². The van der Waals surface area contributed by atoms with Crippen LogP contribution in [0, 0.1) is 0 Å². The molecule has 5 aromatic rings. The summed E-state index contributed by atoms with van der Waals surface area (Å²) in [6, 6.07) is 24.8. The zero-order chi connectivity index (χ0) is 23.3. The van der Waals surface area contributed by atoms with Crippen molar-refractivity contribution in [3.8, 4) is 0 Å². The van der Waals surface area contributed by atoms with Gasteiger partial charge in [0.25, 0.3) is 0 Å². The predicted octanol–water partition coefficient (Wildman–Crippen LogP) is 6.88. The van der Waals surface area contributed by atoms with E-state index < -0.39 is 5.60 Å². The van der Waals surface area contributed by atoms with Crippen LogP contribution in [-0.2, 0) is 23.4 Å². The topological polar surface area (TPSA) is 36.2 Å². The minimum Gasteiger partial charge on any atom is -0.440 e. The molecule has 0 unspecified atom stereocenters. The predicted molar refractivity (Wildman–Crippen MR) is 136 cm³/mol. The van der Waals surface area contributed by atoms with Gasteiger partial charge in [-0.25, -0.2) is 4.79 Å². The SMILES string of the molecule is CCCn1cc(C2(c3cn(CCC)c4ccccc34)OC(=O)c3ccccc32)c2ccccc21. The molecule has 0 radical (unpaired) electrons. The van der Waals surface area contributed by atoms with Crippen molar-refractivity contribution in [1.82, 2.24) is 9.13 Å². The molecule has 0 amide bonds. The average Bonchev–Trinajstić information content (AvgIpc) is 3.52. The molecular weight excluding hydrogens is 420 g/mol. The monoisotopic (exact) mass is 448 g/mol. The van der Waals surface area contributed by atoms with E-state index in [0.29, 0.717) is 5.56 Å². The summed E-state index contributed by atoms with van der Waals surface area (Å²) in [6.07, 6.45) is 6.46. The standard InChI is InChI=1S/C30H28N2O2/c1-3-17-31-19-25(21-11-6-9-15-27(21)31)30(24-14-8-5-13-23(24)29(33)34-30)26-20-32(18-4-2)28-16-10-7-12-22(26)28/h5-16,19-20H,3-4,17-18H2,1-2H3. The van der Waals surface area contributed by atoms with Gasteiger partial charge in [0.2, 0.25) is 0 Å². The molecule has 0 bridgehead atoms. The number of rotatable bonds is 6. The third-order valence-corrected chi connectivity index (χ3v) is 7.04. The molecule has 4 heteroatoms. The number of nitrogens with zero attached hydrogens (tertiary/aromatic N) is 2. The van der Waals surface area contributed by atoms with E-state index >= 15 is 0 Å². The third kappa shape index (κ3) is 2.81. The van der Waals surface area contributed by atoms with Crippen molar-refractivity contribution in [3.63, 3.8) is 0 Å². The van der Waals surface area contributed by atoms with E-state index in [1.54, 1.807) is 0 Å². The molecule has 2 aromatic heterocycles. The minimum absolute atomic E-state index is 0.268. The highest BCUT2D eigenvalue weighted by Crippen LogP contribution is 2.51. The normalized spacial score (nSPS) is 14.6. The van der Waals surface area contributed by atoms with Gasteiger partial charge in [0.1, 0.15) is 0 Å². The molecule has 3 heterocycles. The van der Waals surface area contributed by atoms with Crippen molar-refractivity contribution in [2.75, 3.05) is 0 Å². The van der Waals surface area contributed by atoms with E-state index in [0.717, 1.165) is 64.4 Å². The molecule has 0 saturated heterocycles. The van der Waals surface area contributed by atoms with E-state index in [1.807, 2.05) is 18.2 Å². The van der Waals surface area contributed by atoms with Crippen molar-refractivity contribution < 1.29 is 9.53 Å². The number of esters is 1. The van der Waals surface area contributed by atoms with Crippen LogP contribution in [0.3, 0.4) is 0 Å².